The van der Waals surface area contributed by atoms with Crippen LogP contribution in [0.25, 0.3) is 0 Å². The van der Waals surface area contributed by atoms with Gasteiger partial charge in [-0.1, -0.05) is 24.3 Å². The quantitative estimate of drug-likeness (QED) is 0.667. The predicted octanol–water partition coefficient (Wildman–Crippen LogP) is 2.02. The van der Waals surface area contributed by atoms with Crippen molar-refractivity contribution in [1.82, 2.24) is 10.3 Å². The maximum absolute atomic E-state index is 6.04. The van der Waals surface area contributed by atoms with Crippen molar-refractivity contribution in [2.75, 3.05) is 13.7 Å². The van der Waals surface area contributed by atoms with E-state index in [1.165, 1.54) is 0 Å². The molecular weight excluding hydrogens is 292 g/mol. The zero-order valence-electron chi connectivity index (χ0n) is 13.0. The van der Waals surface area contributed by atoms with Crippen molar-refractivity contribution in [3.8, 4) is 11.6 Å². The normalized spacial score (nSPS) is 17.1. The average molecular weight is 312 g/mol. The van der Waals surface area contributed by atoms with Crippen LogP contribution >= 0.6 is 0 Å². The third-order valence-electron chi connectivity index (χ3n) is 3.74. The van der Waals surface area contributed by atoms with Crippen LogP contribution in [0, 0.1) is 0 Å². The summed E-state index contributed by atoms with van der Waals surface area (Å²) in [4.78, 5) is 8.54. The number of methoxy groups -OCH3 is 1. The molecule has 1 aromatic heterocycles. The molecule has 0 spiro atoms. The molecule has 3 N–H and O–H groups in total. The van der Waals surface area contributed by atoms with E-state index < -0.39 is 0 Å². The van der Waals surface area contributed by atoms with E-state index in [0.717, 1.165) is 23.3 Å². The SMILES string of the molecule is COc1ncccc1CN=C(N)NC1CCOc2ccccc21. The summed E-state index contributed by atoms with van der Waals surface area (Å²) in [6.45, 7) is 1.08. The van der Waals surface area contributed by atoms with Gasteiger partial charge in [-0.3, -0.25) is 0 Å². The van der Waals surface area contributed by atoms with Crippen LogP contribution < -0.4 is 20.5 Å². The Labute approximate surface area is 135 Å². The molecule has 2 aromatic rings. The van der Waals surface area contributed by atoms with Crippen LogP contribution in [0.1, 0.15) is 23.6 Å². The standard InChI is InChI=1S/C17H20N4O2/c1-22-16-12(5-4-9-19-16)11-20-17(18)21-14-8-10-23-15-7-3-2-6-13(14)15/h2-7,9,14H,8,10-11H2,1H3,(H3,18,20,21). The van der Waals surface area contributed by atoms with Crippen LogP contribution in [0.2, 0.25) is 0 Å². The molecule has 0 saturated carbocycles. The Kier molecular flexibility index (Phi) is 4.61. The van der Waals surface area contributed by atoms with Crippen molar-refractivity contribution in [1.29, 1.82) is 0 Å². The van der Waals surface area contributed by atoms with Crippen molar-refractivity contribution in [2.24, 2.45) is 10.7 Å². The molecule has 0 amide bonds. The van der Waals surface area contributed by atoms with Crippen LogP contribution in [0.3, 0.4) is 0 Å². The monoisotopic (exact) mass is 312 g/mol. The summed E-state index contributed by atoms with van der Waals surface area (Å²) in [5.41, 5.74) is 8.04. The number of fused-ring (bicyclic) bond motifs is 1. The highest BCUT2D eigenvalue weighted by Gasteiger charge is 2.21. The van der Waals surface area contributed by atoms with E-state index in [0.29, 0.717) is 25.0 Å². The lowest BCUT2D eigenvalue weighted by atomic mass is 10.0. The van der Waals surface area contributed by atoms with Crippen LogP contribution in [0.4, 0.5) is 0 Å². The highest BCUT2D eigenvalue weighted by molar-refractivity contribution is 5.78. The molecule has 2 heterocycles. The molecule has 0 bridgehead atoms. The minimum absolute atomic E-state index is 0.111. The molecular formula is C17H20N4O2. The van der Waals surface area contributed by atoms with E-state index >= 15 is 0 Å². The van der Waals surface area contributed by atoms with Gasteiger partial charge < -0.3 is 20.5 Å². The van der Waals surface area contributed by atoms with E-state index in [-0.39, 0.29) is 6.04 Å². The molecule has 1 aliphatic rings. The van der Waals surface area contributed by atoms with Crippen molar-refractivity contribution >= 4 is 5.96 Å². The maximum atomic E-state index is 6.04. The number of hydrogen-bond acceptors (Lipinski definition) is 4. The Morgan fingerprint density at radius 1 is 1.39 bits per heavy atom. The Morgan fingerprint density at radius 3 is 3.13 bits per heavy atom. The Bertz CT molecular complexity index is 702. The Balaban J connectivity index is 1.69. The number of nitrogens with one attached hydrogen (secondary N) is 1. The number of nitrogens with zero attached hydrogens (tertiary/aromatic N) is 2. The summed E-state index contributed by atoms with van der Waals surface area (Å²) in [5, 5.41) is 3.27. The highest BCUT2D eigenvalue weighted by Crippen LogP contribution is 2.31. The largest absolute Gasteiger partial charge is 0.493 e. The number of hydrogen-bond donors (Lipinski definition) is 2. The molecule has 0 fully saturated rings. The number of para-hydroxylation sites is 1. The Morgan fingerprint density at radius 2 is 2.26 bits per heavy atom. The summed E-state index contributed by atoms with van der Waals surface area (Å²) in [6.07, 6.45) is 2.54. The molecule has 3 rings (SSSR count). The highest BCUT2D eigenvalue weighted by atomic mass is 16.5. The van der Waals surface area contributed by atoms with Gasteiger partial charge in [0, 0.05) is 23.7 Å². The fourth-order valence-corrected chi connectivity index (χ4v) is 2.61. The van der Waals surface area contributed by atoms with Crippen molar-refractivity contribution < 1.29 is 9.47 Å². The second-order valence-corrected chi connectivity index (χ2v) is 5.25. The molecule has 1 unspecified atom stereocenters. The topological polar surface area (TPSA) is 81.8 Å². The van der Waals surface area contributed by atoms with Gasteiger partial charge in [0.15, 0.2) is 5.96 Å². The van der Waals surface area contributed by atoms with E-state index in [1.54, 1.807) is 13.3 Å². The molecule has 0 radical (unpaired) electrons. The number of aliphatic imine (C=N–C) groups is 1. The van der Waals surface area contributed by atoms with Crippen molar-refractivity contribution in [2.45, 2.75) is 19.0 Å². The molecule has 120 valence electrons. The summed E-state index contributed by atoms with van der Waals surface area (Å²) in [6, 6.07) is 11.9. The third kappa shape index (κ3) is 3.53. The van der Waals surface area contributed by atoms with E-state index in [9.17, 15) is 0 Å². The van der Waals surface area contributed by atoms with Gasteiger partial charge in [0.2, 0.25) is 5.88 Å². The molecule has 6 nitrogen and oxygen atoms in total. The summed E-state index contributed by atoms with van der Waals surface area (Å²) >= 11 is 0. The number of guanidine groups is 1. The van der Waals surface area contributed by atoms with Crippen molar-refractivity contribution in [3.05, 3.63) is 53.7 Å². The van der Waals surface area contributed by atoms with Crippen LogP contribution in [0.5, 0.6) is 11.6 Å². The molecule has 1 aliphatic heterocycles. The Hall–Kier alpha value is -2.76. The van der Waals surface area contributed by atoms with Crippen LogP contribution in [-0.4, -0.2) is 24.7 Å². The number of benzene rings is 1. The first-order chi connectivity index (χ1) is 11.3. The second kappa shape index (κ2) is 7.00. The fourth-order valence-electron chi connectivity index (χ4n) is 2.61. The third-order valence-corrected chi connectivity index (χ3v) is 3.74. The summed E-state index contributed by atoms with van der Waals surface area (Å²) < 4.78 is 10.9. The number of pyridine rings is 1. The number of ether oxygens (including phenoxy) is 2. The van der Waals surface area contributed by atoms with Gasteiger partial charge in [-0.05, 0) is 12.1 Å². The molecule has 23 heavy (non-hydrogen) atoms. The minimum atomic E-state index is 0.111. The fraction of sp³-hybridized carbons (Fsp3) is 0.294. The predicted molar refractivity (Wildman–Crippen MR) is 88.5 cm³/mol. The molecule has 6 heteroatoms. The van der Waals surface area contributed by atoms with Gasteiger partial charge in [-0.15, -0.1) is 0 Å². The second-order valence-electron chi connectivity index (χ2n) is 5.25. The number of rotatable bonds is 4. The lowest BCUT2D eigenvalue weighted by Gasteiger charge is -2.26. The van der Waals surface area contributed by atoms with Crippen LogP contribution in [-0.2, 0) is 6.54 Å². The van der Waals surface area contributed by atoms with Gasteiger partial charge in [0.25, 0.3) is 0 Å². The first-order valence-corrected chi connectivity index (χ1v) is 7.54. The van der Waals surface area contributed by atoms with Crippen LogP contribution in [0.15, 0.2) is 47.6 Å². The van der Waals surface area contributed by atoms with Gasteiger partial charge in [0.1, 0.15) is 5.75 Å². The molecule has 1 atom stereocenters. The van der Waals surface area contributed by atoms with Gasteiger partial charge in [0.05, 0.1) is 26.3 Å². The zero-order chi connectivity index (χ0) is 16.1. The van der Waals surface area contributed by atoms with Gasteiger partial charge >= 0.3 is 0 Å². The zero-order valence-corrected chi connectivity index (χ0v) is 13.0. The number of aromatic nitrogens is 1. The first kappa shape index (κ1) is 15.1. The molecule has 0 saturated heterocycles. The van der Waals surface area contributed by atoms with Crippen molar-refractivity contribution in [3.63, 3.8) is 0 Å². The summed E-state index contributed by atoms with van der Waals surface area (Å²) in [5.74, 6) is 1.87. The molecule has 1 aromatic carbocycles. The number of nitrogens with two attached hydrogens (primary N) is 1. The van der Waals surface area contributed by atoms with Gasteiger partial charge in [-0.25, -0.2) is 9.98 Å². The smallest absolute Gasteiger partial charge is 0.218 e. The van der Waals surface area contributed by atoms with Gasteiger partial charge in [-0.2, -0.15) is 0 Å². The minimum Gasteiger partial charge on any atom is -0.493 e. The first-order valence-electron chi connectivity index (χ1n) is 7.54. The van der Waals surface area contributed by atoms with E-state index in [2.05, 4.69) is 15.3 Å². The van der Waals surface area contributed by atoms with E-state index in [1.807, 2.05) is 36.4 Å². The lowest BCUT2D eigenvalue weighted by molar-refractivity contribution is 0.262. The lowest BCUT2D eigenvalue weighted by Crippen LogP contribution is -2.37. The summed E-state index contributed by atoms with van der Waals surface area (Å²) in [7, 11) is 1.59. The van der Waals surface area contributed by atoms with E-state index in [4.69, 9.17) is 15.2 Å². The molecule has 0 aliphatic carbocycles. The average Bonchev–Trinajstić information content (AvgIpc) is 2.60. The maximum Gasteiger partial charge on any atom is 0.218 e.